The average Bonchev–Trinajstić information content (AvgIpc) is 2.84. The van der Waals surface area contributed by atoms with E-state index in [1.54, 1.807) is 12.3 Å². The van der Waals surface area contributed by atoms with Gasteiger partial charge < -0.3 is 9.88 Å². The van der Waals surface area contributed by atoms with Crippen molar-refractivity contribution in [2.75, 3.05) is 0 Å². The standard InChI is InChI=1S/C14H17Cl2N3/c1-10(8-19-6-5-17-9-19)18-11(2)13-7-12(15)3-4-14(13)16/h3-7,9-11,18H,8H2,1-2H3. The summed E-state index contributed by atoms with van der Waals surface area (Å²) in [5.74, 6) is 0. The third-order valence-corrected chi connectivity index (χ3v) is 3.58. The lowest BCUT2D eigenvalue weighted by molar-refractivity contribution is 0.430. The molecular weight excluding hydrogens is 281 g/mol. The average molecular weight is 298 g/mol. The van der Waals surface area contributed by atoms with Crippen LogP contribution in [0.5, 0.6) is 0 Å². The van der Waals surface area contributed by atoms with Crippen molar-refractivity contribution in [3.05, 3.63) is 52.5 Å². The van der Waals surface area contributed by atoms with E-state index in [1.807, 2.05) is 29.2 Å². The fraction of sp³-hybridized carbons (Fsp3) is 0.357. The van der Waals surface area contributed by atoms with E-state index in [0.717, 1.165) is 17.1 Å². The molecule has 0 spiro atoms. The molecule has 2 aromatic rings. The molecule has 3 nitrogen and oxygen atoms in total. The number of imidazole rings is 1. The fourth-order valence-electron chi connectivity index (χ4n) is 2.13. The minimum absolute atomic E-state index is 0.143. The first-order valence-electron chi connectivity index (χ1n) is 6.23. The predicted molar refractivity (Wildman–Crippen MR) is 79.7 cm³/mol. The molecule has 0 saturated carbocycles. The van der Waals surface area contributed by atoms with E-state index < -0.39 is 0 Å². The van der Waals surface area contributed by atoms with Gasteiger partial charge in [-0.1, -0.05) is 23.2 Å². The largest absolute Gasteiger partial charge is 0.336 e. The van der Waals surface area contributed by atoms with Crippen molar-refractivity contribution in [1.82, 2.24) is 14.9 Å². The quantitative estimate of drug-likeness (QED) is 0.906. The number of benzene rings is 1. The Kier molecular flexibility index (Phi) is 4.86. The van der Waals surface area contributed by atoms with Gasteiger partial charge in [-0.3, -0.25) is 0 Å². The topological polar surface area (TPSA) is 29.9 Å². The van der Waals surface area contributed by atoms with Crippen LogP contribution in [0.25, 0.3) is 0 Å². The molecule has 19 heavy (non-hydrogen) atoms. The van der Waals surface area contributed by atoms with E-state index in [-0.39, 0.29) is 6.04 Å². The summed E-state index contributed by atoms with van der Waals surface area (Å²) in [6.45, 7) is 5.08. The number of nitrogens with zero attached hydrogens (tertiary/aromatic N) is 2. The zero-order valence-corrected chi connectivity index (χ0v) is 12.5. The van der Waals surface area contributed by atoms with Gasteiger partial charge in [0.2, 0.25) is 0 Å². The zero-order chi connectivity index (χ0) is 13.8. The summed E-state index contributed by atoms with van der Waals surface area (Å²) in [5, 5.41) is 4.95. The number of aromatic nitrogens is 2. The van der Waals surface area contributed by atoms with Crippen molar-refractivity contribution in [2.24, 2.45) is 0 Å². The highest BCUT2D eigenvalue weighted by atomic mass is 35.5. The summed E-state index contributed by atoms with van der Waals surface area (Å²) in [5.41, 5.74) is 1.02. The molecule has 0 amide bonds. The summed E-state index contributed by atoms with van der Waals surface area (Å²) in [7, 11) is 0. The Morgan fingerprint density at radius 1 is 1.32 bits per heavy atom. The molecule has 0 aliphatic carbocycles. The van der Waals surface area contributed by atoms with Crippen LogP contribution in [-0.2, 0) is 6.54 Å². The van der Waals surface area contributed by atoms with E-state index in [9.17, 15) is 0 Å². The van der Waals surface area contributed by atoms with E-state index in [4.69, 9.17) is 23.2 Å². The van der Waals surface area contributed by atoms with Gasteiger partial charge in [0.25, 0.3) is 0 Å². The lowest BCUT2D eigenvalue weighted by atomic mass is 10.1. The molecule has 1 aromatic carbocycles. The molecular formula is C14H17Cl2N3. The van der Waals surface area contributed by atoms with E-state index in [2.05, 4.69) is 24.1 Å². The second kappa shape index (κ2) is 6.42. The number of halogens is 2. The van der Waals surface area contributed by atoms with Crippen LogP contribution in [-0.4, -0.2) is 15.6 Å². The summed E-state index contributed by atoms with van der Waals surface area (Å²) < 4.78 is 2.05. The maximum atomic E-state index is 6.20. The van der Waals surface area contributed by atoms with Crippen LogP contribution in [0.15, 0.2) is 36.9 Å². The first-order chi connectivity index (χ1) is 9.06. The Morgan fingerprint density at radius 2 is 2.11 bits per heavy atom. The SMILES string of the molecule is CC(Cn1ccnc1)NC(C)c1cc(Cl)ccc1Cl. The Labute approximate surface area is 123 Å². The molecule has 0 radical (unpaired) electrons. The lowest BCUT2D eigenvalue weighted by Crippen LogP contribution is -2.32. The number of hydrogen-bond donors (Lipinski definition) is 1. The molecule has 2 unspecified atom stereocenters. The number of rotatable bonds is 5. The highest BCUT2D eigenvalue weighted by molar-refractivity contribution is 6.33. The number of hydrogen-bond acceptors (Lipinski definition) is 2. The third kappa shape index (κ3) is 3.96. The molecule has 0 bridgehead atoms. The smallest absolute Gasteiger partial charge is 0.0946 e. The lowest BCUT2D eigenvalue weighted by Gasteiger charge is -2.21. The van der Waals surface area contributed by atoms with Crippen molar-refractivity contribution in [3.8, 4) is 0 Å². The van der Waals surface area contributed by atoms with Gasteiger partial charge in [-0.15, -0.1) is 0 Å². The molecule has 0 fully saturated rings. The van der Waals surface area contributed by atoms with Crippen LogP contribution >= 0.6 is 23.2 Å². The normalized spacial score (nSPS) is 14.3. The van der Waals surface area contributed by atoms with Crippen molar-refractivity contribution in [1.29, 1.82) is 0 Å². The van der Waals surface area contributed by atoms with E-state index in [1.165, 1.54) is 0 Å². The molecule has 0 aliphatic rings. The van der Waals surface area contributed by atoms with Crippen molar-refractivity contribution < 1.29 is 0 Å². The molecule has 102 valence electrons. The Morgan fingerprint density at radius 3 is 2.79 bits per heavy atom. The van der Waals surface area contributed by atoms with E-state index in [0.29, 0.717) is 11.1 Å². The minimum atomic E-state index is 0.143. The zero-order valence-electron chi connectivity index (χ0n) is 11.0. The molecule has 1 aromatic heterocycles. The molecule has 0 saturated heterocycles. The van der Waals surface area contributed by atoms with Crippen molar-refractivity contribution in [3.63, 3.8) is 0 Å². The fourth-order valence-corrected chi connectivity index (χ4v) is 2.59. The molecule has 0 aliphatic heterocycles. The van der Waals surface area contributed by atoms with Crippen molar-refractivity contribution >= 4 is 23.2 Å². The third-order valence-electron chi connectivity index (χ3n) is 3.00. The first kappa shape index (κ1) is 14.4. The maximum Gasteiger partial charge on any atom is 0.0946 e. The second-order valence-corrected chi connectivity index (χ2v) is 5.56. The summed E-state index contributed by atoms with van der Waals surface area (Å²) in [6.07, 6.45) is 5.55. The van der Waals surface area contributed by atoms with Gasteiger partial charge in [0.05, 0.1) is 6.33 Å². The first-order valence-corrected chi connectivity index (χ1v) is 6.98. The predicted octanol–water partition coefficient (Wildman–Crippen LogP) is 3.93. The van der Waals surface area contributed by atoms with Crippen LogP contribution in [0.3, 0.4) is 0 Å². The van der Waals surface area contributed by atoms with Crippen LogP contribution in [0.4, 0.5) is 0 Å². The summed E-state index contributed by atoms with van der Waals surface area (Å²) in [4.78, 5) is 4.03. The second-order valence-electron chi connectivity index (χ2n) is 4.71. The van der Waals surface area contributed by atoms with Crippen LogP contribution in [0.2, 0.25) is 10.0 Å². The Bertz CT molecular complexity index is 525. The van der Waals surface area contributed by atoms with E-state index >= 15 is 0 Å². The van der Waals surface area contributed by atoms with Gasteiger partial charge in [-0.2, -0.15) is 0 Å². The van der Waals surface area contributed by atoms with Gasteiger partial charge in [-0.25, -0.2) is 4.98 Å². The molecule has 5 heteroatoms. The molecule has 2 rings (SSSR count). The minimum Gasteiger partial charge on any atom is -0.336 e. The highest BCUT2D eigenvalue weighted by Crippen LogP contribution is 2.26. The number of nitrogens with one attached hydrogen (secondary N) is 1. The Balaban J connectivity index is 2.00. The maximum absolute atomic E-state index is 6.20. The molecule has 1 N–H and O–H groups in total. The van der Waals surface area contributed by atoms with Gasteiger partial charge >= 0.3 is 0 Å². The van der Waals surface area contributed by atoms with Crippen LogP contribution < -0.4 is 5.32 Å². The monoisotopic (exact) mass is 297 g/mol. The van der Waals surface area contributed by atoms with Gasteiger partial charge in [0, 0.05) is 41.1 Å². The van der Waals surface area contributed by atoms with Gasteiger partial charge in [0.1, 0.15) is 0 Å². The molecule has 1 heterocycles. The summed E-state index contributed by atoms with van der Waals surface area (Å²) >= 11 is 12.2. The van der Waals surface area contributed by atoms with Gasteiger partial charge in [-0.05, 0) is 37.6 Å². The summed E-state index contributed by atoms with van der Waals surface area (Å²) in [6, 6.07) is 5.99. The van der Waals surface area contributed by atoms with Crippen molar-refractivity contribution in [2.45, 2.75) is 32.5 Å². The Hall–Kier alpha value is -1.03. The highest BCUT2D eigenvalue weighted by Gasteiger charge is 2.13. The van der Waals surface area contributed by atoms with Crippen LogP contribution in [0, 0.1) is 0 Å². The van der Waals surface area contributed by atoms with Gasteiger partial charge in [0.15, 0.2) is 0 Å². The molecule has 2 atom stereocenters. The van der Waals surface area contributed by atoms with Crippen LogP contribution in [0.1, 0.15) is 25.5 Å².